The fraction of sp³-hybridized carbons (Fsp3) is 0.737. The van der Waals surface area contributed by atoms with Crippen LogP contribution in [0.5, 0.6) is 0 Å². The highest BCUT2D eigenvalue weighted by atomic mass is 32.1. The first-order chi connectivity index (χ1) is 11.6. The number of nitrogens with zero attached hydrogens (tertiary/aromatic N) is 1. The highest BCUT2D eigenvalue weighted by Gasteiger charge is 2.64. The molecule has 5 fully saturated rings. The molecule has 1 aliphatic heterocycles. The molecule has 1 aromatic rings. The predicted octanol–water partition coefficient (Wildman–Crippen LogP) is 2.97. The van der Waals surface area contributed by atoms with Crippen LogP contribution in [0.1, 0.15) is 53.1 Å². The van der Waals surface area contributed by atoms with E-state index in [1.807, 2.05) is 13.2 Å². The molecular formula is C19H26N2O2S. The molecule has 5 heteroatoms. The lowest BCUT2D eigenvalue weighted by Crippen LogP contribution is -2.73. The van der Waals surface area contributed by atoms with Crippen LogP contribution in [0.25, 0.3) is 0 Å². The third kappa shape index (κ3) is 1.84. The van der Waals surface area contributed by atoms with Gasteiger partial charge in [0.15, 0.2) is 0 Å². The number of likely N-dealkylation sites (tertiary alicyclic amines) is 1. The summed E-state index contributed by atoms with van der Waals surface area (Å²) in [7, 11) is 1.87. The van der Waals surface area contributed by atoms with Crippen LogP contribution in [-0.2, 0) is 10.3 Å². The number of piperidine rings is 1. The van der Waals surface area contributed by atoms with Gasteiger partial charge in [0, 0.05) is 42.5 Å². The number of thiophene rings is 1. The summed E-state index contributed by atoms with van der Waals surface area (Å²) >= 11 is 1.55. The van der Waals surface area contributed by atoms with Gasteiger partial charge in [0.2, 0.25) is 0 Å². The summed E-state index contributed by atoms with van der Waals surface area (Å²) in [5, 5.41) is 0. The second kappa shape index (κ2) is 5.05. The molecule has 4 saturated carbocycles. The molecule has 1 aromatic heterocycles. The lowest BCUT2D eigenvalue weighted by Gasteiger charge is -2.70. The number of hydrogen-bond acceptors (Lipinski definition) is 4. The molecule has 0 spiro atoms. The van der Waals surface area contributed by atoms with Gasteiger partial charge in [0.1, 0.15) is 5.60 Å². The van der Waals surface area contributed by atoms with Gasteiger partial charge < -0.3 is 10.5 Å². The number of nitrogens with two attached hydrogens (primary N) is 1. The SMILES string of the molecule is COC1(c2ccc(C(N)=O)s2)[C@@H]2CCC[C@H]1CN(C13CC(C1)C3)C2. The summed E-state index contributed by atoms with van der Waals surface area (Å²) in [6.07, 6.45) is 8.04. The van der Waals surface area contributed by atoms with Crippen molar-refractivity contribution in [3.63, 3.8) is 0 Å². The number of carbonyl (C=O) groups excluding carboxylic acids is 1. The number of primary amides is 1. The topological polar surface area (TPSA) is 55.6 Å². The van der Waals surface area contributed by atoms with Crippen molar-refractivity contribution in [2.75, 3.05) is 20.2 Å². The summed E-state index contributed by atoms with van der Waals surface area (Å²) in [4.78, 5) is 16.2. The lowest BCUT2D eigenvalue weighted by molar-refractivity contribution is -0.225. The molecule has 1 saturated heterocycles. The van der Waals surface area contributed by atoms with E-state index in [1.54, 1.807) is 11.3 Å². The summed E-state index contributed by atoms with van der Waals surface area (Å²) in [5.41, 5.74) is 5.83. The Labute approximate surface area is 147 Å². The van der Waals surface area contributed by atoms with Crippen LogP contribution in [0, 0.1) is 17.8 Å². The van der Waals surface area contributed by atoms with Crippen LogP contribution in [-0.4, -0.2) is 36.5 Å². The monoisotopic (exact) mass is 346 g/mol. The predicted molar refractivity (Wildman–Crippen MR) is 94.0 cm³/mol. The first kappa shape index (κ1) is 15.4. The van der Waals surface area contributed by atoms with Crippen LogP contribution >= 0.6 is 11.3 Å². The minimum Gasteiger partial charge on any atom is -0.372 e. The van der Waals surface area contributed by atoms with Gasteiger partial charge >= 0.3 is 0 Å². The van der Waals surface area contributed by atoms with E-state index >= 15 is 0 Å². The van der Waals surface area contributed by atoms with Crippen LogP contribution in [0.3, 0.4) is 0 Å². The molecule has 5 aliphatic rings. The average molecular weight is 346 g/mol. The van der Waals surface area contributed by atoms with Gasteiger partial charge in [0.05, 0.1) is 4.88 Å². The molecule has 2 heterocycles. The van der Waals surface area contributed by atoms with Crippen molar-refractivity contribution in [2.45, 2.75) is 49.7 Å². The van der Waals surface area contributed by atoms with Crippen molar-refractivity contribution in [3.05, 3.63) is 21.9 Å². The first-order valence-electron chi connectivity index (χ1n) is 9.28. The van der Waals surface area contributed by atoms with Gasteiger partial charge in [-0.1, -0.05) is 6.42 Å². The van der Waals surface area contributed by atoms with Gasteiger partial charge in [-0.3, -0.25) is 9.69 Å². The average Bonchev–Trinajstić information content (AvgIpc) is 2.93. The maximum Gasteiger partial charge on any atom is 0.258 e. The number of amides is 1. The summed E-state index contributed by atoms with van der Waals surface area (Å²) in [5.74, 6) is 1.76. The number of ether oxygens (including phenoxy) is 1. The van der Waals surface area contributed by atoms with E-state index in [-0.39, 0.29) is 11.5 Å². The maximum absolute atomic E-state index is 11.6. The van der Waals surface area contributed by atoms with Crippen molar-refractivity contribution in [1.29, 1.82) is 0 Å². The molecule has 130 valence electrons. The third-order valence-corrected chi connectivity index (χ3v) is 8.68. The van der Waals surface area contributed by atoms with E-state index in [9.17, 15) is 4.79 Å². The number of methoxy groups -OCH3 is 1. The summed E-state index contributed by atoms with van der Waals surface area (Å²) in [6, 6.07) is 3.97. The lowest BCUT2D eigenvalue weighted by atomic mass is 9.48. The Bertz CT molecular complexity index is 654. The Morgan fingerprint density at radius 2 is 1.92 bits per heavy atom. The molecule has 24 heavy (non-hydrogen) atoms. The summed E-state index contributed by atoms with van der Waals surface area (Å²) in [6.45, 7) is 2.31. The molecule has 6 rings (SSSR count). The second-order valence-corrected chi connectivity index (χ2v) is 9.54. The van der Waals surface area contributed by atoms with Gasteiger partial charge in [-0.15, -0.1) is 11.3 Å². The molecule has 0 radical (unpaired) electrons. The fourth-order valence-electron chi connectivity index (χ4n) is 6.16. The van der Waals surface area contributed by atoms with E-state index in [2.05, 4.69) is 11.0 Å². The smallest absolute Gasteiger partial charge is 0.258 e. The van der Waals surface area contributed by atoms with Crippen molar-refractivity contribution in [1.82, 2.24) is 4.90 Å². The Hall–Kier alpha value is -0.910. The largest absolute Gasteiger partial charge is 0.372 e. The van der Waals surface area contributed by atoms with E-state index in [0.29, 0.717) is 22.3 Å². The van der Waals surface area contributed by atoms with Crippen molar-refractivity contribution in [3.8, 4) is 0 Å². The second-order valence-electron chi connectivity index (χ2n) is 8.46. The van der Waals surface area contributed by atoms with Crippen LogP contribution in [0.2, 0.25) is 0 Å². The molecule has 4 bridgehead atoms. The van der Waals surface area contributed by atoms with Crippen molar-refractivity contribution in [2.24, 2.45) is 23.5 Å². The number of rotatable bonds is 4. The Balaban J connectivity index is 1.49. The van der Waals surface area contributed by atoms with Gasteiger partial charge in [-0.2, -0.15) is 0 Å². The molecule has 0 aromatic carbocycles. The Morgan fingerprint density at radius 1 is 1.25 bits per heavy atom. The Kier molecular flexibility index (Phi) is 3.23. The molecular weight excluding hydrogens is 320 g/mol. The van der Waals surface area contributed by atoms with E-state index in [0.717, 1.165) is 19.0 Å². The fourth-order valence-corrected chi connectivity index (χ4v) is 7.34. The van der Waals surface area contributed by atoms with Crippen LogP contribution in [0.15, 0.2) is 12.1 Å². The zero-order chi connectivity index (χ0) is 16.5. The quantitative estimate of drug-likeness (QED) is 0.912. The molecule has 4 nitrogen and oxygen atoms in total. The van der Waals surface area contributed by atoms with Gasteiger partial charge in [-0.05, 0) is 50.2 Å². The van der Waals surface area contributed by atoms with E-state index in [4.69, 9.17) is 10.5 Å². The third-order valence-electron chi connectivity index (χ3n) is 7.45. The molecule has 1 amide bonds. The van der Waals surface area contributed by atoms with E-state index in [1.165, 1.54) is 43.4 Å². The normalized spacial score (nSPS) is 43.8. The molecule has 1 unspecified atom stereocenters. The molecule has 3 atom stereocenters. The standard InChI is InChI=1S/C19H26N2O2S/c1-23-19(16-6-5-15(24-16)17(20)22)13-3-2-4-14(19)11-21(10-13)18-7-12(8-18)9-18/h5-6,12-14H,2-4,7-11H2,1H3,(H2,20,22)/t12?,13-,14+,18?,19?. The van der Waals surface area contributed by atoms with Crippen LogP contribution < -0.4 is 5.73 Å². The van der Waals surface area contributed by atoms with E-state index < -0.39 is 0 Å². The maximum atomic E-state index is 11.6. The van der Waals surface area contributed by atoms with Crippen molar-refractivity contribution < 1.29 is 9.53 Å². The molecule has 2 N–H and O–H groups in total. The zero-order valence-corrected chi connectivity index (χ0v) is 15.1. The van der Waals surface area contributed by atoms with Crippen molar-refractivity contribution >= 4 is 17.2 Å². The molecule has 4 aliphatic carbocycles. The van der Waals surface area contributed by atoms with Gasteiger partial charge in [0.25, 0.3) is 5.91 Å². The first-order valence-corrected chi connectivity index (χ1v) is 10.1. The number of carbonyl (C=O) groups is 1. The highest BCUT2D eigenvalue weighted by molar-refractivity contribution is 7.14. The Morgan fingerprint density at radius 3 is 2.38 bits per heavy atom. The summed E-state index contributed by atoms with van der Waals surface area (Å²) < 4.78 is 6.28. The highest BCUT2D eigenvalue weighted by Crippen LogP contribution is 2.63. The minimum absolute atomic E-state index is 0.212. The van der Waals surface area contributed by atoms with Crippen LogP contribution in [0.4, 0.5) is 0 Å². The number of hydrogen-bond donors (Lipinski definition) is 1. The minimum atomic E-state index is -0.325. The number of fused-ring (bicyclic) bond motifs is 2. The van der Waals surface area contributed by atoms with Gasteiger partial charge in [-0.25, -0.2) is 0 Å². The zero-order valence-electron chi connectivity index (χ0n) is 14.3.